The summed E-state index contributed by atoms with van der Waals surface area (Å²) in [5.74, 6) is -1.51. The van der Waals surface area contributed by atoms with Gasteiger partial charge in [-0.05, 0) is 25.1 Å². The van der Waals surface area contributed by atoms with Crippen molar-refractivity contribution in [2.45, 2.75) is 6.92 Å². The zero-order valence-corrected chi connectivity index (χ0v) is 12.9. The Morgan fingerprint density at radius 1 is 1.17 bits per heavy atom. The molecule has 6 nitrogen and oxygen atoms in total. The van der Waals surface area contributed by atoms with Gasteiger partial charge in [0, 0.05) is 11.6 Å². The number of methoxy groups -OCH3 is 2. The van der Waals surface area contributed by atoms with Crippen molar-refractivity contribution in [3.8, 4) is 17.0 Å². The third-order valence-electron chi connectivity index (χ3n) is 3.15. The van der Waals surface area contributed by atoms with Crippen molar-refractivity contribution in [3.63, 3.8) is 0 Å². The Labute approximate surface area is 132 Å². The number of benzene rings is 1. The summed E-state index contributed by atoms with van der Waals surface area (Å²) in [4.78, 5) is 26.6. The number of aromatic nitrogens is 1. The van der Waals surface area contributed by atoms with Crippen LogP contribution < -0.4 is 4.74 Å². The van der Waals surface area contributed by atoms with E-state index in [-0.39, 0.29) is 23.6 Å². The Morgan fingerprint density at radius 3 is 2.52 bits per heavy atom. The Morgan fingerprint density at radius 2 is 1.91 bits per heavy atom. The number of ether oxygens (including phenoxy) is 3. The highest BCUT2D eigenvalue weighted by Gasteiger charge is 2.23. The minimum Gasteiger partial charge on any atom is -0.496 e. The van der Waals surface area contributed by atoms with Crippen LogP contribution >= 0.6 is 0 Å². The first-order valence-corrected chi connectivity index (χ1v) is 6.84. The molecular formula is C16H16FNO5. The second-order valence-corrected chi connectivity index (χ2v) is 4.53. The van der Waals surface area contributed by atoms with Gasteiger partial charge in [0.25, 0.3) is 0 Å². The van der Waals surface area contributed by atoms with E-state index in [2.05, 4.69) is 9.72 Å². The maximum Gasteiger partial charge on any atom is 0.354 e. The molecule has 1 aromatic heterocycles. The predicted molar refractivity (Wildman–Crippen MR) is 80.0 cm³/mol. The van der Waals surface area contributed by atoms with Crippen molar-refractivity contribution in [2.75, 3.05) is 20.8 Å². The summed E-state index contributed by atoms with van der Waals surface area (Å²) in [7, 11) is 2.61. The van der Waals surface area contributed by atoms with Gasteiger partial charge in [-0.3, -0.25) is 0 Å². The van der Waals surface area contributed by atoms with Gasteiger partial charge in [-0.15, -0.1) is 0 Å². The second kappa shape index (κ2) is 6.95. The number of nitrogens with one attached hydrogen (secondary N) is 1. The largest absolute Gasteiger partial charge is 0.496 e. The molecule has 0 spiro atoms. The summed E-state index contributed by atoms with van der Waals surface area (Å²) in [5, 5.41) is 0. The van der Waals surface area contributed by atoms with Crippen molar-refractivity contribution in [1.82, 2.24) is 4.98 Å². The smallest absolute Gasteiger partial charge is 0.354 e. The van der Waals surface area contributed by atoms with Crippen molar-refractivity contribution >= 4 is 11.9 Å². The summed E-state index contributed by atoms with van der Waals surface area (Å²) >= 11 is 0. The number of hydrogen-bond acceptors (Lipinski definition) is 5. The zero-order chi connectivity index (χ0) is 17.0. The standard InChI is InChI=1S/C16H16FNO5/c1-4-23-15(19)11-8-12(16(20)22-3)18-14(11)10-6-5-9(17)7-13(10)21-2/h5-8,18H,4H2,1-3H3. The second-order valence-electron chi connectivity index (χ2n) is 4.53. The minimum atomic E-state index is -0.636. The van der Waals surface area contributed by atoms with Crippen LogP contribution in [0.15, 0.2) is 24.3 Å². The monoisotopic (exact) mass is 321 g/mol. The van der Waals surface area contributed by atoms with Gasteiger partial charge in [0.2, 0.25) is 0 Å². The van der Waals surface area contributed by atoms with Crippen LogP contribution in [0.2, 0.25) is 0 Å². The van der Waals surface area contributed by atoms with Gasteiger partial charge < -0.3 is 19.2 Å². The SMILES string of the molecule is CCOC(=O)c1cc(C(=O)OC)[nH]c1-c1ccc(F)cc1OC. The van der Waals surface area contributed by atoms with Crippen LogP contribution in [0, 0.1) is 5.82 Å². The van der Waals surface area contributed by atoms with Gasteiger partial charge >= 0.3 is 11.9 Å². The molecular weight excluding hydrogens is 305 g/mol. The maximum absolute atomic E-state index is 13.4. The fraction of sp³-hybridized carbons (Fsp3) is 0.250. The van der Waals surface area contributed by atoms with Crippen LogP contribution in [0.4, 0.5) is 4.39 Å². The molecule has 0 aliphatic carbocycles. The lowest BCUT2D eigenvalue weighted by molar-refractivity contribution is 0.0527. The Hall–Kier alpha value is -2.83. The van der Waals surface area contributed by atoms with Gasteiger partial charge in [0.15, 0.2) is 0 Å². The van der Waals surface area contributed by atoms with Crippen LogP contribution in [0.1, 0.15) is 27.8 Å². The molecule has 0 aliphatic heterocycles. The van der Waals surface area contributed by atoms with Crippen molar-refractivity contribution in [3.05, 3.63) is 41.3 Å². The average Bonchev–Trinajstić information content (AvgIpc) is 2.99. The molecule has 0 atom stereocenters. The first-order valence-electron chi connectivity index (χ1n) is 6.84. The molecule has 0 radical (unpaired) electrons. The topological polar surface area (TPSA) is 77.6 Å². The number of carbonyl (C=O) groups excluding carboxylic acids is 2. The van der Waals surface area contributed by atoms with E-state index in [1.54, 1.807) is 6.92 Å². The van der Waals surface area contributed by atoms with Crippen LogP contribution in [0.3, 0.4) is 0 Å². The van der Waals surface area contributed by atoms with E-state index in [4.69, 9.17) is 9.47 Å². The van der Waals surface area contributed by atoms with Gasteiger partial charge in [0.05, 0.1) is 32.1 Å². The molecule has 0 saturated heterocycles. The summed E-state index contributed by atoms with van der Waals surface area (Å²) in [6.07, 6.45) is 0. The quantitative estimate of drug-likeness (QED) is 0.857. The number of carbonyl (C=O) groups is 2. The lowest BCUT2D eigenvalue weighted by atomic mass is 10.1. The molecule has 2 aromatic rings. The molecule has 0 bridgehead atoms. The number of hydrogen-bond donors (Lipinski definition) is 1. The minimum absolute atomic E-state index is 0.0805. The molecule has 2 rings (SSSR count). The molecule has 23 heavy (non-hydrogen) atoms. The Kier molecular flexibility index (Phi) is 5.00. The molecule has 0 saturated carbocycles. The lowest BCUT2D eigenvalue weighted by Crippen LogP contribution is -2.05. The van der Waals surface area contributed by atoms with Crippen LogP contribution in [0.25, 0.3) is 11.3 Å². The molecule has 1 heterocycles. The van der Waals surface area contributed by atoms with Gasteiger partial charge in [-0.25, -0.2) is 14.0 Å². The van der Waals surface area contributed by atoms with Crippen LogP contribution in [0.5, 0.6) is 5.75 Å². The molecule has 7 heteroatoms. The van der Waals surface area contributed by atoms with E-state index in [0.717, 1.165) is 0 Å². The fourth-order valence-corrected chi connectivity index (χ4v) is 2.13. The van der Waals surface area contributed by atoms with E-state index in [1.165, 1.54) is 38.5 Å². The van der Waals surface area contributed by atoms with Crippen LogP contribution in [-0.2, 0) is 9.47 Å². The highest BCUT2D eigenvalue weighted by atomic mass is 19.1. The molecule has 0 aliphatic rings. The zero-order valence-electron chi connectivity index (χ0n) is 12.9. The fourth-order valence-electron chi connectivity index (χ4n) is 2.13. The third-order valence-corrected chi connectivity index (χ3v) is 3.15. The van der Waals surface area contributed by atoms with E-state index >= 15 is 0 Å². The highest BCUT2D eigenvalue weighted by Crippen LogP contribution is 2.33. The lowest BCUT2D eigenvalue weighted by Gasteiger charge is -2.09. The molecule has 0 unspecified atom stereocenters. The van der Waals surface area contributed by atoms with E-state index in [0.29, 0.717) is 11.3 Å². The molecule has 0 amide bonds. The molecule has 1 N–H and O–H groups in total. The summed E-state index contributed by atoms with van der Waals surface area (Å²) in [6, 6.07) is 5.19. The van der Waals surface area contributed by atoms with Gasteiger partial charge in [-0.2, -0.15) is 0 Å². The van der Waals surface area contributed by atoms with Gasteiger partial charge in [0.1, 0.15) is 17.3 Å². The first kappa shape index (κ1) is 16.5. The van der Waals surface area contributed by atoms with E-state index < -0.39 is 17.8 Å². The number of H-pyrrole nitrogens is 1. The number of halogens is 1. The highest BCUT2D eigenvalue weighted by molar-refractivity contribution is 6.01. The Bertz CT molecular complexity index is 738. The summed E-state index contributed by atoms with van der Waals surface area (Å²) in [5.41, 5.74) is 0.932. The number of rotatable bonds is 5. The molecule has 122 valence electrons. The number of aromatic amines is 1. The normalized spacial score (nSPS) is 10.3. The van der Waals surface area contributed by atoms with Crippen molar-refractivity contribution < 1.29 is 28.2 Å². The summed E-state index contributed by atoms with van der Waals surface area (Å²) < 4.78 is 28.1. The number of esters is 2. The third kappa shape index (κ3) is 3.33. The first-order chi connectivity index (χ1) is 11.0. The van der Waals surface area contributed by atoms with Crippen LogP contribution in [-0.4, -0.2) is 37.7 Å². The van der Waals surface area contributed by atoms with E-state index in [1.807, 2.05) is 0 Å². The predicted octanol–water partition coefficient (Wildman–Crippen LogP) is 2.79. The maximum atomic E-state index is 13.4. The summed E-state index contributed by atoms with van der Waals surface area (Å²) in [6.45, 7) is 1.85. The molecule has 1 aromatic carbocycles. The van der Waals surface area contributed by atoms with Crippen molar-refractivity contribution in [2.24, 2.45) is 0 Å². The van der Waals surface area contributed by atoms with Gasteiger partial charge in [-0.1, -0.05) is 0 Å². The van der Waals surface area contributed by atoms with Crippen molar-refractivity contribution in [1.29, 1.82) is 0 Å². The molecule has 0 fully saturated rings. The average molecular weight is 321 g/mol. The van der Waals surface area contributed by atoms with E-state index in [9.17, 15) is 14.0 Å². The Balaban J connectivity index is 2.62.